The van der Waals surface area contributed by atoms with Crippen molar-refractivity contribution >= 4 is 14.0 Å². The molecule has 2 fully saturated rings. The Balaban J connectivity index is 1.66. The quantitative estimate of drug-likeness (QED) is 0.435. The Labute approximate surface area is 149 Å². The molecule has 1 saturated heterocycles. The summed E-state index contributed by atoms with van der Waals surface area (Å²) in [6.45, 7) is 3.91. The molecule has 1 aromatic carbocycles. The highest BCUT2D eigenvalue weighted by molar-refractivity contribution is 6.73. The molecule has 1 radical (unpaired) electrons. The normalized spacial score (nSPS) is 27.7. The SMILES string of the molecule is C=CCCCC1(C2CCC(O)CC2)CC[Si](c2ccccc2)CC1. The van der Waals surface area contributed by atoms with E-state index in [1.165, 1.54) is 50.6 Å². The van der Waals surface area contributed by atoms with Crippen molar-refractivity contribution in [2.75, 3.05) is 0 Å². The van der Waals surface area contributed by atoms with Gasteiger partial charge in [0.05, 0.1) is 14.9 Å². The molecule has 1 aliphatic carbocycles. The maximum atomic E-state index is 9.91. The summed E-state index contributed by atoms with van der Waals surface area (Å²) >= 11 is 0. The van der Waals surface area contributed by atoms with E-state index in [-0.39, 0.29) is 14.9 Å². The fraction of sp³-hybridized carbons (Fsp3) is 0.636. The first-order valence-electron chi connectivity index (χ1n) is 9.92. The Morgan fingerprint density at radius 3 is 2.38 bits per heavy atom. The van der Waals surface area contributed by atoms with Crippen molar-refractivity contribution in [3.05, 3.63) is 43.0 Å². The van der Waals surface area contributed by atoms with E-state index in [9.17, 15) is 5.11 Å². The molecule has 131 valence electrons. The lowest BCUT2D eigenvalue weighted by Crippen LogP contribution is -2.43. The van der Waals surface area contributed by atoms with E-state index in [1.807, 2.05) is 0 Å². The van der Waals surface area contributed by atoms with Gasteiger partial charge in [0.25, 0.3) is 0 Å². The molecule has 3 rings (SSSR count). The molecule has 1 N–H and O–H groups in total. The Hall–Kier alpha value is -0.863. The van der Waals surface area contributed by atoms with E-state index >= 15 is 0 Å². The zero-order chi connectivity index (χ0) is 16.8. The van der Waals surface area contributed by atoms with E-state index in [0.717, 1.165) is 25.2 Å². The molecule has 0 aromatic heterocycles. The molecule has 0 bridgehead atoms. The third kappa shape index (κ3) is 4.21. The number of rotatable bonds is 6. The number of unbranched alkanes of at least 4 members (excludes halogenated alkanes) is 1. The minimum Gasteiger partial charge on any atom is -0.393 e. The molecule has 1 nitrogen and oxygen atoms in total. The number of allylic oxidation sites excluding steroid dienone is 1. The minimum atomic E-state index is -0.344. The molecule has 2 heteroatoms. The molecule has 0 atom stereocenters. The summed E-state index contributed by atoms with van der Waals surface area (Å²) < 4.78 is 0. The van der Waals surface area contributed by atoms with Gasteiger partial charge in [-0.2, -0.15) is 0 Å². The van der Waals surface area contributed by atoms with Crippen molar-refractivity contribution in [3.8, 4) is 0 Å². The number of aliphatic hydroxyl groups excluding tert-OH is 1. The molecular weight excluding hydrogens is 308 g/mol. The van der Waals surface area contributed by atoms with Crippen LogP contribution in [0.15, 0.2) is 43.0 Å². The van der Waals surface area contributed by atoms with Crippen LogP contribution >= 0.6 is 0 Å². The van der Waals surface area contributed by atoms with Crippen LogP contribution in [-0.4, -0.2) is 20.0 Å². The molecule has 1 heterocycles. The second-order valence-electron chi connectivity index (χ2n) is 8.02. The van der Waals surface area contributed by atoms with Crippen molar-refractivity contribution in [1.29, 1.82) is 0 Å². The summed E-state index contributed by atoms with van der Waals surface area (Å²) in [7, 11) is -0.344. The third-order valence-electron chi connectivity index (χ3n) is 6.68. The standard InChI is InChI=1S/C22H33OSi/c1-2-3-7-14-22(19-10-12-20(23)13-11-19)15-17-24(18-16-22)21-8-5-4-6-9-21/h2,4-6,8-9,19-20,23H,1,3,7,10-18H2. The summed E-state index contributed by atoms with van der Waals surface area (Å²) in [5.74, 6) is 0.852. The fourth-order valence-corrected chi connectivity index (χ4v) is 8.25. The summed E-state index contributed by atoms with van der Waals surface area (Å²) in [6, 6.07) is 14.2. The predicted octanol–water partition coefficient (Wildman–Crippen LogP) is 5.08. The first-order valence-corrected chi connectivity index (χ1v) is 11.8. The molecule has 1 saturated carbocycles. The summed E-state index contributed by atoms with van der Waals surface area (Å²) in [4.78, 5) is 0. The van der Waals surface area contributed by atoms with Gasteiger partial charge >= 0.3 is 0 Å². The first kappa shape index (κ1) is 17.9. The van der Waals surface area contributed by atoms with Crippen LogP contribution < -0.4 is 5.19 Å². The number of benzene rings is 1. The minimum absolute atomic E-state index is 0.0287. The van der Waals surface area contributed by atoms with Gasteiger partial charge in [0.1, 0.15) is 0 Å². The van der Waals surface area contributed by atoms with Gasteiger partial charge in [-0.05, 0) is 69.1 Å². The van der Waals surface area contributed by atoms with E-state index < -0.39 is 0 Å². The van der Waals surface area contributed by atoms with E-state index in [1.54, 1.807) is 5.19 Å². The van der Waals surface area contributed by atoms with Gasteiger partial charge in [0.15, 0.2) is 0 Å². The Morgan fingerprint density at radius 2 is 1.75 bits per heavy atom. The lowest BCUT2D eigenvalue weighted by atomic mass is 9.63. The molecular formula is C22H33OSi. The van der Waals surface area contributed by atoms with Crippen LogP contribution in [0.3, 0.4) is 0 Å². The largest absolute Gasteiger partial charge is 0.393 e. The molecule has 0 spiro atoms. The Morgan fingerprint density at radius 1 is 1.08 bits per heavy atom. The van der Waals surface area contributed by atoms with Gasteiger partial charge < -0.3 is 5.11 Å². The number of hydrogen-bond acceptors (Lipinski definition) is 1. The van der Waals surface area contributed by atoms with Gasteiger partial charge in [-0.25, -0.2) is 0 Å². The summed E-state index contributed by atoms with van der Waals surface area (Å²) in [5.41, 5.74) is 0.562. The molecule has 2 aliphatic rings. The average Bonchev–Trinajstić information content (AvgIpc) is 2.64. The highest BCUT2D eigenvalue weighted by atomic mass is 28.3. The van der Waals surface area contributed by atoms with Gasteiger partial charge in [-0.15, -0.1) is 6.58 Å². The summed E-state index contributed by atoms with van der Waals surface area (Å²) in [6.07, 6.45) is 13.3. The molecule has 1 aromatic rings. The highest BCUT2D eigenvalue weighted by Crippen LogP contribution is 2.51. The van der Waals surface area contributed by atoms with Crippen LogP contribution in [0.25, 0.3) is 0 Å². The van der Waals surface area contributed by atoms with E-state index in [4.69, 9.17) is 0 Å². The Kier molecular flexibility index (Phi) is 6.35. The molecule has 24 heavy (non-hydrogen) atoms. The maximum Gasteiger partial charge on any atom is 0.0856 e. The Bertz CT molecular complexity index is 496. The van der Waals surface area contributed by atoms with Crippen molar-refractivity contribution in [1.82, 2.24) is 0 Å². The van der Waals surface area contributed by atoms with Crippen LogP contribution in [0.5, 0.6) is 0 Å². The van der Waals surface area contributed by atoms with Crippen LogP contribution in [0.4, 0.5) is 0 Å². The zero-order valence-corrected chi connectivity index (χ0v) is 16.1. The van der Waals surface area contributed by atoms with Crippen molar-refractivity contribution < 1.29 is 5.11 Å². The zero-order valence-electron chi connectivity index (χ0n) is 15.1. The van der Waals surface area contributed by atoms with E-state index in [2.05, 4.69) is 43.0 Å². The predicted molar refractivity (Wildman–Crippen MR) is 105 cm³/mol. The summed E-state index contributed by atoms with van der Waals surface area (Å²) in [5, 5.41) is 11.5. The van der Waals surface area contributed by atoms with Gasteiger partial charge in [0.2, 0.25) is 0 Å². The van der Waals surface area contributed by atoms with Crippen molar-refractivity contribution in [3.63, 3.8) is 0 Å². The van der Waals surface area contributed by atoms with Crippen LogP contribution in [-0.2, 0) is 0 Å². The second-order valence-corrected chi connectivity index (χ2v) is 10.8. The first-order chi connectivity index (χ1) is 11.7. The number of aliphatic hydroxyl groups is 1. The van der Waals surface area contributed by atoms with Gasteiger partial charge in [0, 0.05) is 0 Å². The monoisotopic (exact) mass is 341 g/mol. The van der Waals surface area contributed by atoms with Gasteiger partial charge in [-0.3, -0.25) is 0 Å². The maximum absolute atomic E-state index is 9.91. The lowest BCUT2D eigenvalue weighted by molar-refractivity contribution is 0.0346. The number of hydrogen-bond donors (Lipinski definition) is 1. The highest BCUT2D eigenvalue weighted by Gasteiger charge is 2.42. The smallest absolute Gasteiger partial charge is 0.0856 e. The topological polar surface area (TPSA) is 20.2 Å². The fourth-order valence-electron chi connectivity index (χ4n) is 5.16. The second kappa shape index (κ2) is 8.49. The molecule has 0 unspecified atom stereocenters. The van der Waals surface area contributed by atoms with Gasteiger partial charge in [-0.1, -0.05) is 53.7 Å². The van der Waals surface area contributed by atoms with Crippen LogP contribution in [0.2, 0.25) is 12.1 Å². The average molecular weight is 342 g/mol. The molecule has 1 aliphatic heterocycles. The molecule has 0 amide bonds. The third-order valence-corrected chi connectivity index (χ3v) is 9.53. The van der Waals surface area contributed by atoms with Crippen LogP contribution in [0.1, 0.15) is 57.8 Å². The van der Waals surface area contributed by atoms with E-state index in [0.29, 0.717) is 5.41 Å². The van der Waals surface area contributed by atoms with Crippen molar-refractivity contribution in [2.24, 2.45) is 11.3 Å². The van der Waals surface area contributed by atoms with Crippen LogP contribution in [0, 0.1) is 11.3 Å². The lowest BCUT2D eigenvalue weighted by Gasteiger charge is -2.48. The van der Waals surface area contributed by atoms with Crippen molar-refractivity contribution in [2.45, 2.75) is 76.0 Å².